The third-order valence-corrected chi connectivity index (χ3v) is 8.40. The average Bonchev–Trinajstić information content (AvgIpc) is 3.32. The zero-order chi connectivity index (χ0) is 21.7. The molecule has 7 rings (SSSR count). The highest BCUT2D eigenvalue weighted by molar-refractivity contribution is 5.87. The van der Waals surface area contributed by atoms with E-state index in [0.717, 1.165) is 21.9 Å². The van der Waals surface area contributed by atoms with Gasteiger partial charge in [0.05, 0.1) is 12.2 Å². The Morgan fingerprint density at radius 2 is 0.906 bits per heavy atom. The van der Waals surface area contributed by atoms with Crippen molar-refractivity contribution in [2.75, 3.05) is 0 Å². The predicted molar refractivity (Wildman–Crippen MR) is 129 cm³/mol. The monoisotopic (exact) mass is 418 g/mol. The van der Waals surface area contributed by atoms with Crippen molar-refractivity contribution in [3.8, 4) is 0 Å². The Bertz CT molecular complexity index is 1360. The third-order valence-electron chi connectivity index (χ3n) is 8.40. The van der Waals surface area contributed by atoms with Gasteiger partial charge in [0.1, 0.15) is 0 Å². The average molecular weight is 419 g/mol. The Morgan fingerprint density at radius 3 is 1.25 bits per heavy atom. The van der Waals surface area contributed by atoms with Crippen LogP contribution in [-0.4, -0.2) is 10.2 Å². The molecule has 2 bridgehead atoms. The number of benzene rings is 4. The van der Waals surface area contributed by atoms with Gasteiger partial charge in [-0.05, 0) is 69.8 Å². The van der Waals surface area contributed by atoms with Crippen molar-refractivity contribution < 1.29 is 10.2 Å². The molecule has 32 heavy (non-hydrogen) atoms. The van der Waals surface area contributed by atoms with Crippen LogP contribution in [0.2, 0.25) is 0 Å². The summed E-state index contributed by atoms with van der Waals surface area (Å²) in [6, 6.07) is 25.6. The molecule has 2 N–H and O–H groups in total. The standard InChI is InChI=1S/C30H26O2/c1-15(2)24-25-20-11-16-7-3-4-8-17(16)12-21(20)26(24)28-27(25)29(31)22-13-18-9-5-6-10-19(18)14-23(22)30(28)32/h3-14,25-32H,1-2H3/t25-,26+,27?,28?,29?,30?. The summed E-state index contributed by atoms with van der Waals surface area (Å²) in [5.74, 6) is 0.335. The Morgan fingerprint density at radius 1 is 0.562 bits per heavy atom. The van der Waals surface area contributed by atoms with Crippen LogP contribution in [0.25, 0.3) is 21.5 Å². The van der Waals surface area contributed by atoms with Crippen molar-refractivity contribution in [2.24, 2.45) is 11.8 Å². The molecule has 158 valence electrons. The van der Waals surface area contributed by atoms with Crippen LogP contribution in [0.1, 0.15) is 60.1 Å². The first-order valence-corrected chi connectivity index (χ1v) is 11.6. The Balaban J connectivity index is 1.49. The first-order valence-electron chi connectivity index (χ1n) is 11.6. The van der Waals surface area contributed by atoms with Gasteiger partial charge < -0.3 is 10.2 Å². The Labute approximate surface area is 187 Å². The largest absolute Gasteiger partial charge is 0.388 e. The van der Waals surface area contributed by atoms with E-state index >= 15 is 0 Å². The minimum atomic E-state index is -0.577. The van der Waals surface area contributed by atoms with Crippen molar-refractivity contribution in [1.29, 1.82) is 0 Å². The smallest absolute Gasteiger partial charge is 0.0835 e. The highest BCUT2D eigenvalue weighted by Gasteiger charge is 2.61. The molecule has 0 heterocycles. The van der Waals surface area contributed by atoms with Crippen LogP contribution in [-0.2, 0) is 0 Å². The zero-order valence-electron chi connectivity index (χ0n) is 18.3. The SMILES string of the molecule is CC(C)=C1[C@@H]2c3cc4ccccc4cc3[C@H]1C1C(O)c3cc4ccccc4cc3C(O)C12. The van der Waals surface area contributed by atoms with Crippen LogP contribution in [0, 0.1) is 11.8 Å². The van der Waals surface area contributed by atoms with Gasteiger partial charge in [-0.2, -0.15) is 0 Å². The lowest BCUT2D eigenvalue weighted by Gasteiger charge is -2.43. The summed E-state index contributed by atoms with van der Waals surface area (Å²) in [6.07, 6.45) is -1.15. The van der Waals surface area contributed by atoms with Crippen molar-refractivity contribution in [2.45, 2.75) is 37.9 Å². The number of hydrogen-bond acceptors (Lipinski definition) is 2. The quantitative estimate of drug-likeness (QED) is 0.319. The van der Waals surface area contributed by atoms with E-state index in [1.807, 2.05) is 12.1 Å². The molecule has 2 nitrogen and oxygen atoms in total. The summed E-state index contributed by atoms with van der Waals surface area (Å²) in [5.41, 5.74) is 7.24. The molecule has 0 saturated heterocycles. The highest BCUT2D eigenvalue weighted by Crippen LogP contribution is 2.70. The van der Waals surface area contributed by atoms with Gasteiger partial charge in [-0.1, -0.05) is 71.8 Å². The van der Waals surface area contributed by atoms with Gasteiger partial charge >= 0.3 is 0 Å². The van der Waals surface area contributed by atoms with Crippen molar-refractivity contribution >= 4 is 21.5 Å². The normalized spacial score (nSPS) is 29.8. The summed E-state index contributed by atoms with van der Waals surface area (Å²) in [4.78, 5) is 0. The van der Waals surface area contributed by atoms with E-state index in [1.165, 1.54) is 33.0 Å². The zero-order valence-corrected chi connectivity index (χ0v) is 18.3. The Kier molecular flexibility index (Phi) is 3.67. The predicted octanol–water partition coefficient (Wildman–Crippen LogP) is 6.54. The lowest BCUT2D eigenvalue weighted by atomic mass is 9.64. The van der Waals surface area contributed by atoms with Crippen molar-refractivity contribution in [3.05, 3.63) is 106 Å². The first-order chi connectivity index (χ1) is 15.5. The summed E-state index contributed by atoms with van der Waals surface area (Å²) < 4.78 is 0. The van der Waals surface area contributed by atoms with Crippen LogP contribution in [0.15, 0.2) is 83.9 Å². The van der Waals surface area contributed by atoms with Crippen LogP contribution < -0.4 is 0 Å². The van der Waals surface area contributed by atoms with Gasteiger partial charge in [0, 0.05) is 23.7 Å². The molecule has 0 amide bonds. The van der Waals surface area contributed by atoms with E-state index in [2.05, 4.69) is 74.5 Å². The van der Waals surface area contributed by atoms with Crippen molar-refractivity contribution in [1.82, 2.24) is 0 Å². The molecule has 4 aromatic rings. The first kappa shape index (κ1) is 18.6. The van der Waals surface area contributed by atoms with Gasteiger partial charge in [-0.15, -0.1) is 0 Å². The van der Waals surface area contributed by atoms with E-state index in [9.17, 15) is 10.2 Å². The summed E-state index contributed by atoms with van der Waals surface area (Å²) in [6.45, 7) is 4.39. The van der Waals surface area contributed by atoms with Crippen LogP contribution in [0.5, 0.6) is 0 Å². The van der Waals surface area contributed by atoms with Crippen LogP contribution in [0.3, 0.4) is 0 Å². The van der Waals surface area contributed by atoms with Gasteiger partial charge in [-0.25, -0.2) is 0 Å². The van der Waals surface area contributed by atoms with Gasteiger partial charge in [0.25, 0.3) is 0 Å². The molecular formula is C30H26O2. The van der Waals surface area contributed by atoms with Gasteiger partial charge in [0.2, 0.25) is 0 Å². The molecule has 2 heteroatoms. The topological polar surface area (TPSA) is 40.5 Å². The van der Waals surface area contributed by atoms with Crippen LogP contribution >= 0.6 is 0 Å². The number of aliphatic hydroxyl groups is 2. The molecule has 1 saturated carbocycles. The van der Waals surface area contributed by atoms with Gasteiger partial charge in [0.15, 0.2) is 0 Å². The molecule has 3 aliphatic rings. The minimum absolute atomic E-state index is 0.00206. The van der Waals surface area contributed by atoms with E-state index in [1.54, 1.807) is 0 Å². The second-order valence-electron chi connectivity index (χ2n) is 10.1. The maximum atomic E-state index is 11.7. The molecule has 1 fully saturated rings. The fraction of sp³-hybridized carbons (Fsp3) is 0.267. The van der Waals surface area contributed by atoms with Gasteiger partial charge in [-0.3, -0.25) is 0 Å². The fourth-order valence-corrected chi connectivity index (χ4v) is 7.23. The number of hydrogen-bond donors (Lipinski definition) is 2. The number of rotatable bonds is 0. The second kappa shape index (κ2) is 6.31. The summed E-state index contributed by atoms with van der Waals surface area (Å²) in [5, 5.41) is 28.2. The maximum absolute atomic E-state index is 11.7. The van der Waals surface area contributed by atoms with E-state index in [-0.39, 0.29) is 23.7 Å². The highest BCUT2D eigenvalue weighted by atomic mass is 16.3. The fourth-order valence-electron chi connectivity index (χ4n) is 7.23. The summed E-state index contributed by atoms with van der Waals surface area (Å²) in [7, 11) is 0. The lowest BCUT2D eigenvalue weighted by molar-refractivity contribution is -0.0148. The van der Waals surface area contributed by atoms with E-state index < -0.39 is 12.2 Å². The number of aliphatic hydroxyl groups excluding tert-OH is 2. The van der Waals surface area contributed by atoms with Crippen molar-refractivity contribution in [3.63, 3.8) is 0 Å². The van der Waals surface area contributed by atoms with E-state index in [4.69, 9.17) is 0 Å². The Hall–Kier alpha value is -2.94. The molecule has 0 radical (unpaired) electrons. The number of fused-ring (bicyclic) bond motifs is 11. The van der Waals surface area contributed by atoms with E-state index in [0.29, 0.717) is 0 Å². The molecule has 4 unspecified atom stereocenters. The number of allylic oxidation sites excluding steroid dienone is 2. The molecule has 0 spiro atoms. The molecular weight excluding hydrogens is 392 g/mol. The molecule has 4 aromatic carbocycles. The second-order valence-corrected chi connectivity index (χ2v) is 10.1. The van der Waals surface area contributed by atoms with Crippen LogP contribution in [0.4, 0.5) is 0 Å². The summed E-state index contributed by atoms with van der Waals surface area (Å²) >= 11 is 0. The minimum Gasteiger partial charge on any atom is -0.388 e. The lowest BCUT2D eigenvalue weighted by Crippen LogP contribution is -2.36. The molecule has 0 aromatic heterocycles. The molecule has 3 aliphatic carbocycles. The third kappa shape index (κ3) is 2.22. The molecule has 0 aliphatic heterocycles. The molecule has 6 atom stereocenters. The maximum Gasteiger partial charge on any atom is 0.0835 e.